The molecule has 19 heavy (non-hydrogen) atoms. The standard InChI is InChI=1S/C15H21NO2S/c1-11(19-13-6-4-3-5-7-13)10-15(2,14(17)18)16-12-8-9-12/h3-7,11-12,16H,8-10H2,1-2H3,(H,17,18). The van der Waals surface area contributed by atoms with Crippen LogP contribution >= 0.6 is 11.8 Å². The molecule has 0 bridgehead atoms. The van der Waals surface area contributed by atoms with Gasteiger partial charge in [-0.3, -0.25) is 10.1 Å². The lowest BCUT2D eigenvalue weighted by atomic mass is 9.96. The Morgan fingerprint density at radius 2 is 2.11 bits per heavy atom. The molecule has 0 radical (unpaired) electrons. The summed E-state index contributed by atoms with van der Waals surface area (Å²) in [7, 11) is 0. The van der Waals surface area contributed by atoms with Crippen molar-refractivity contribution in [3.8, 4) is 0 Å². The molecule has 104 valence electrons. The number of thioether (sulfide) groups is 1. The number of rotatable bonds is 7. The van der Waals surface area contributed by atoms with Crippen LogP contribution in [0.4, 0.5) is 0 Å². The molecule has 1 aliphatic carbocycles. The van der Waals surface area contributed by atoms with Crippen molar-refractivity contribution in [1.29, 1.82) is 0 Å². The highest BCUT2D eigenvalue weighted by Crippen LogP contribution is 2.31. The lowest BCUT2D eigenvalue weighted by Gasteiger charge is -2.29. The molecule has 0 heterocycles. The second kappa shape index (κ2) is 5.97. The third-order valence-electron chi connectivity index (χ3n) is 3.35. The van der Waals surface area contributed by atoms with Gasteiger partial charge in [0.2, 0.25) is 0 Å². The van der Waals surface area contributed by atoms with Gasteiger partial charge < -0.3 is 5.11 Å². The van der Waals surface area contributed by atoms with Gasteiger partial charge in [-0.15, -0.1) is 11.8 Å². The normalized spacial score (nSPS) is 19.7. The first-order valence-electron chi connectivity index (χ1n) is 6.72. The van der Waals surface area contributed by atoms with E-state index in [9.17, 15) is 9.90 Å². The van der Waals surface area contributed by atoms with Crippen LogP contribution in [0.1, 0.15) is 33.1 Å². The number of hydrogen-bond acceptors (Lipinski definition) is 3. The van der Waals surface area contributed by atoms with Gasteiger partial charge in [0.05, 0.1) is 0 Å². The molecule has 0 aromatic heterocycles. The van der Waals surface area contributed by atoms with Crippen LogP contribution in [0.25, 0.3) is 0 Å². The highest BCUT2D eigenvalue weighted by Gasteiger charge is 2.39. The zero-order valence-corrected chi connectivity index (χ0v) is 12.2. The SMILES string of the molecule is CC(CC(C)(NC1CC1)C(=O)O)Sc1ccccc1. The van der Waals surface area contributed by atoms with Crippen LogP contribution in [0.2, 0.25) is 0 Å². The van der Waals surface area contributed by atoms with Gasteiger partial charge in [-0.05, 0) is 38.3 Å². The summed E-state index contributed by atoms with van der Waals surface area (Å²) in [5.74, 6) is -0.750. The minimum atomic E-state index is -0.817. The minimum absolute atomic E-state index is 0.259. The Balaban J connectivity index is 1.94. The van der Waals surface area contributed by atoms with Crippen molar-refractivity contribution >= 4 is 17.7 Å². The molecule has 0 saturated heterocycles. The topological polar surface area (TPSA) is 49.3 Å². The zero-order chi connectivity index (χ0) is 13.9. The maximum Gasteiger partial charge on any atom is 0.323 e. The maximum absolute atomic E-state index is 11.5. The van der Waals surface area contributed by atoms with E-state index in [1.165, 1.54) is 4.90 Å². The first-order valence-corrected chi connectivity index (χ1v) is 7.60. The quantitative estimate of drug-likeness (QED) is 0.753. The molecule has 0 spiro atoms. The van der Waals surface area contributed by atoms with Gasteiger partial charge in [0, 0.05) is 16.2 Å². The summed E-state index contributed by atoms with van der Waals surface area (Å²) >= 11 is 1.73. The molecule has 0 aliphatic heterocycles. The number of carbonyl (C=O) groups is 1. The van der Waals surface area contributed by atoms with E-state index in [2.05, 4.69) is 24.4 Å². The smallest absolute Gasteiger partial charge is 0.323 e. The molecule has 2 atom stereocenters. The summed E-state index contributed by atoms with van der Waals surface area (Å²) < 4.78 is 0. The van der Waals surface area contributed by atoms with Crippen molar-refractivity contribution in [2.24, 2.45) is 0 Å². The molecule has 4 heteroatoms. The van der Waals surface area contributed by atoms with E-state index in [1.54, 1.807) is 18.7 Å². The molecule has 1 aliphatic rings. The molecular formula is C15H21NO2S. The van der Waals surface area contributed by atoms with Gasteiger partial charge in [0.1, 0.15) is 5.54 Å². The van der Waals surface area contributed by atoms with E-state index in [-0.39, 0.29) is 5.25 Å². The molecule has 1 aromatic carbocycles. The Labute approximate surface area is 118 Å². The van der Waals surface area contributed by atoms with Crippen LogP contribution in [0.3, 0.4) is 0 Å². The largest absolute Gasteiger partial charge is 0.480 e. The summed E-state index contributed by atoms with van der Waals surface area (Å²) in [4.78, 5) is 12.7. The Morgan fingerprint density at radius 3 is 2.63 bits per heavy atom. The van der Waals surface area contributed by atoms with Crippen molar-refractivity contribution in [2.45, 2.75) is 54.8 Å². The molecule has 1 fully saturated rings. The number of aliphatic carboxylic acids is 1. The molecule has 2 rings (SSSR count). The van der Waals surface area contributed by atoms with Crippen molar-refractivity contribution in [2.75, 3.05) is 0 Å². The molecule has 1 aromatic rings. The van der Waals surface area contributed by atoms with E-state index in [4.69, 9.17) is 0 Å². The monoisotopic (exact) mass is 279 g/mol. The Bertz CT molecular complexity index is 433. The average molecular weight is 279 g/mol. The predicted octanol–water partition coefficient (Wildman–Crippen LogP) is 3.15. The van der Waals surface area contributed by atoms with Crippen LogP contribution in [-0.4, -0.2) is 27.9 Å². The third kappa shape index (κ3) is 4.25. The lowest BCUT2D eigenvalue weighted by molar-refractivity contribution is -0.144. The number of nitrogens with one attached hydrogen (secondary N) is 1. The fourth-order valence-corrected chi connectivity index (χ4v) is 3.43. The van der Waals surface area contributed by atoms with Gasteiger partial charge in [-0.2, -0.15) is 0 Å². The highest BCUT2D eigenvalue weighted by molar-refractivity contribution is 7.99. The highest BCUT2D eigenvalue weighted by atomic mass is 32.2. The second-order valence-electron chi connectivity index (χ2n) is 5.50. The molecular weight excluding hydrogens is 258 g/mol. The van der Waals surface area contributed by atoms with Crippen LogP contribution < -0.4 is 5.32 Å². The minimum Gasteiger partial charge on any atom is -0.480 e. The van der Waals surface area contributed by atoms with E-state index in [0.717, 1.165) is 12.8 Å². The van der Waals surface area contributed by atoms with Gasteiger partial charge in [0.15, 0.2) is 0 Å². The fourth-order valence-electron chi connectivity index (χ4n) is 2.23. The van der Waals surface area contributed by atoms with E-state index in [0.29, 0.717) is 12.5 Å². The van der Waals surface area contributed by atoms with Crippen molar-refractivity contribution in [3.05, 3.63) is 30.3 Å². The predicted molar refractivity (Wildman–Crippen MR) is 78.6 cm³/mol. The Morgan fingerprint density at radius 1 is 1.47 bits per heavy atom. The number of carboxylic acids is 1. The first kappa shape index (κ1) is 14.4. The van der Waals surface area contributed by atoms with Gasteiger partial charge in [-0.25, -0.2) is 0 Å². The summed E-state index contributed by atoms with van der Waals surface area (Å²) in [5, 5.41) is 13.0. The van der Waals surface area contributed by atoms with Gasteiger partial charge >= 0.3 is 5.97 Å². The first-order chi connectivity index (χ1) is 8.99. The summed E-state index contributed by atoms with van der Waals surface area (Å²) in [6, 6.07) is 10.5. The number of hydrogen-bond donors (Lipinski definition) is 2. The maximum atomic E-state index is 11.5. The zero-order valence-electron chi connectivity index (χ0n) is 11.4. The van der Waals surface area contributed by atoms with Crippen molar-refractivity contribution in [1.82, 2.24) is 5.32 Å². The van der Waals surface area contributed by atoms with E-state index >= 15 is 0 Å². The number of carboxylic acid groups (broad SMARTS) is 1. The molecule has 2 unspecified atom stereocenters. The average Bonchev–Trinajstić information content (AvgIpc) is 3.13. The van der Waals surface area contributed by atoms with E-state index in [1.807, 2.05) is 18.2 Å². The van der Waals surface area contributed by atoms with Gasteiger partial charge in [-0.1, -0.05) is 25.1 Å². The third-order valence-corrected chi connectivity index (χ3v) is 4.46. The van der Waals surface area contributed by atoms with Crippen LogP contribution in [0.15, 0.2) is 35.2 Å². The van der Waals surface area contributed by atoms with Crippen LogP contribution in [-0.2, 0) is 4.79 Å². The number of benzene rings is 1. The van der Waals surface area contributed by atoms with E-state index < -0.39 is 11.5 Å². The summed E-state index contributed by atoms with van der Waals surface area (Å²) in [6.45, 7) is 3.89. The molecule has 2 N–H and O–H groups in total. The van der Waals surface area contributed by atoms with Crippen LogP contribution in [0, 0.1) is 0 Å². The molecule has 3 nitrogen and oxygen atoms in total. The van der Waals surface area contributed by atoms with Crippen LogP contribution in [0.5, 0.6) is 0 Å². The fraction of sp³-hybridized carbons (Fsp3) is 0.533. The Hall–Kier alpha value is -1.00. The molecule has 1 saturated carbocycles. The van der Waals surface area contributed by atoms with Crippen molar-refractivity contribution in [3.63, 3.8) is 0 Å². The summed E-state index contributed by atoms with van der Waals surface area (Å²) in [5.41, 5.74) is -0.817. The van der Waals surface area contributed by atoms with Gasteiger partial charge in [0.25, 0.3) is 0 Å². The molecule has 0 amide bonds. The Kier molecular flexibility index (Phi) is 4.53. The van der Waals surface area contributed by atoms with Crippen molar-refractivity contribution < 1.29 is 9.90 Å². The lowest BCUT2D eigenvalue weighted by Crippen LogP contribution is -2.51. The second-order valence-corrected chi connectivity index (χ2v) is 7.01. The summed E-state index contributed by atoms with van der Waals surface area (Å²) in [6.07, 6.45) is 2.82.